The second-order valence-corrected chi connectivity index (χ2v) is 9.67. The molecule has 1 saturated carbocycles. The van der Waals surface area contributed by atoms with Gasteiger partial charge in [0.25, 0.3) is 0 Å². The van der Waals surface area contributed by atoms with Gasteiger partial charge in [-0.05, 0) is 62.1 Å². The third kappa shape index (κ3) is 7.03. The molecule has 0 bridgehead atoms. The molecule has 3 aromatic rings. The number of carbonyl (C=O) groups is 3. The lowest BCUT2D eigenvalue weighted by molar-refractivity contribution is -0.127. The van der Waals surface area contributed by atoms with Gasteiger partial charge in [0.1, 0.15) is 11.9 Å². The van der Waals surface area contributed by atoms with Crippen molar-refractivity contribution < 1.29 is 14.4 Å². The molecule has 0 spiro atoms. The second-order valence-electron chi connectivity index (χ2n) is 9.67. The van der Waals surface area contributed by atoms with E-state index in [0.29, 0.717) is 11.5 Å². The fourth-order valence-electron chi connectivity index (χ4n) is 4.71. The number of anilines is 2. The summed E-state index contributed by atoms with van der Waals surface area (Å²) >= 11 is 0. The third-order valence-corrected chi connectivity index (χ3v) is 6.65. The van der Waals surface area contributed by atoms with Gasteiger partial charge >= 0.3 is 0 Å². The standard InChI is InChI=1S/C30H34N4O3/c1-21-13-15-23(16-14-21)29(30(37)32-24-9-3-4-10-24)34(25-11-7-8-22(2)20-25)28(36)18-17-27(35)33-26-12-5-6-19-31-26/h5-8,11-16,19-20,24,29H,3-4,9-10,17-18H2,1-2H3,(H,32,37)(H,31,33,35)/t29-/m0/s1. The number of hydrogen-bond acceptors (Lipinski definition) is 4. The lowest BCUT2D eigenvalue weighted by atomic mass is 10.00. The quantitative estimate of drug-likeness (QED) is 0.422. The predicted octanol–water partition coefficient (Wildman–Crippen LogP) is 5.25. The van der Waals surface area contributed by atoms with Gasteiger partial charge in [-0.1, -0.05) is 60.9 Å². The Hall–Kier alpha value is -4.00. The van der Waals surface area contributed by atoms with E-state index in [1.807, 2.05) is 62.4 Å². The van der Waals surface area contributed by atoms with E-state index < -0.39 is 6.04 Å². The van der Waals surface area contributed by atoms with Crippen LogP contribution >= 0.6 is 0 Å². The average Bonchev–Trinajstić information content (AvgIpc) is 3.40. The number of nitrogens with zero attached hydrogens (tertiary/aromatic N) is 2. The van der Waals surface area contributed by atoms with Gasteiger partial charge in [-0.15, -0.1) is 0 Å². The molecule has 3 amide bonds. The number of hydrogen-bond donors (Lipinski definition) is 2. The molecule has 4 rings (SSSR count). The largest absolute Gasteiger partial charge is 0.351 e. The molecule has 2 N–H and O–H groups in total. The summed E-state index contributed by atoms with van der Waals surface area (Å²) in [6, 6.07) is 19.8. The van der Waals surface area contributed by atoms with Crippen molar-refractivity contribution in [3.63, 3.8) is 0 Å². The van der Waals surface area contributed by atoms with Gasteiger partial charge in [-0.2, -0.15) is 0 Å². The Bertz CT molecular complexity index is 1220. The van der Waals surface area contributed by atoms with E-state index in [2.05, 4.69) is 15.6 Å². The van der Waals surface area contributed by atoms with Gasteiger partial charge in [0.2, 0.25) is 17.7 Å². The smallest absolute Gasteiger partial charge is 0.248 e. The molecule has 1 aromatic heterocycles. The zero-order chi connectivity index (χ0) is 26.2. The zero-order valence-electron chi connectivity index (χ0n) is 21.4. The van der Waals surface area contributed by atoms with Crippen molar-refractivity contribution in [2.75, 3.05) is 10.2 Å². The highest BCUT2D eigenvalue weighted by molar-refractivity contribution is 6.03. The fraction of sp³-hybridized carbons (Fsp3) is 0.333. The molecule has 7 nitrogen and oxygen atoms in total. The number of aryl methyl sites for hydroxylation is 2. The van der Waals surface area contributed by atoms with Crippen LogP contribution in [0.5, 0.6) is 0 Å². The molecule has 1 aliphatic carbocycles. The van der Waals surface area contributed by atoms with Gasteiger partial charge in [0, 0.05) is 30.8 Å². The minimum Gasteiger partial charge on any atom is -0.351 e. The molecule has 37 heavy (non-hydrogen) atoms. The van der Waals surface area contributed by atoms with Gasteiger partial charge in [-0.3, -0.25) is 19.3 Å². The Balaban J connectivity index is 1.62. The molecule has 192 valence electrons. The first-order valence-electron chi connectivity index (χ1n) is 12.9. The summed E-state index contributed by atoms with van der Waals surface area (Å²) in [5.41, 5.74) is 3.40. The molecule has 0 aliphatic heterocycles. The van der Waals surface area contributed by atoms with Crippen LogP contribution in [0.15, 0.2) is 72.9 Å². The van der Waals surface area contributed by atoms with Gasteiger partial charge in [0.15, 0.2) is 0 Å². The zero-order valence-corrected chi connectivity index (χ0v) is 21.4. The van der Waals surface area contributed by atoms with Crippen molar-refractivity contribution in [1.29, 1.82) is 0 Å². The number of amides is 3. The molecular formula is C30H34N4O3. The number of pyridine rings is 1. The van der Waals surface area contributed by atoms with Crippen molar-refractivity contribution in [2.24, 2.45) is 0 Å². The van der Waals surface area contributed by atoms with Crippen LogP contribution in [0, 0.1) is 13.8 Å². The van der Waals surface area contributed by atoms with Crippen LogP contribution in [0.25, 0.3) is 0 Å². The van der Waals surface area contributed by atoms with E-state index in [0.717, 1.165) is 42.4 Å². The van der Waals surface area contributed by atoms with Crippen LogP contribution in [0.2, 0.25) is 0 Å². The predicted molar refractivity (Wildman–Crippen MR) is 145 cm³/mol. The summed E-state index contributed by atoms with van der Waals surface area (Å²) in [5, 5.41) is 5.91. The first kappa shape index (κ1) is 26.1. The highest BCUT2D eigenvalue weighted by Gasteiger charge is 2.34. The summed E-state index contributed by atoms with van der Waals surface area (Å²) in [6.07, 6.45) is 5.58. The molecule has 1 heterocycles. The Morgan fingerprint density at radius 1 is 0.919 bits per heavy atom. The van der Waals surface area contributed by atoms with Crippen LogP contribution in [-0.4, -0.2) is 28.7 Å². The Kier molecular flexibility index (Phi) is 8.67. The maximum absolute atomic E-state index is 13.8. The number of aromatic nitrogens is 1. The average molecular weight is 499 g/mol. The summed E-state index contributed by atoms with van der Waals surface area (Å²) in [4.78, 5) is 45.8. The minimum absolute atomic E-state index is 0.0252. The van der Waals surface area contributed by atoms with Crippen LogP contribution in [-0.2, 0) is 14.4 Å². The highest BCUT2D eigenvalue weighted by atomic mass is 16.2. The molecule has 1 atom stereocenters. The van der Waals surface area contributed by atoms with E-state index in [1.165, 1.54) is 0 Å². The summed E-state index contributed by atoms with van der Waals surface area (Å²) < 4.78 is 0. The molecule has 1 aliphatic rings. The van der Waals surface area contributed by atoms with E-state index in [4.69, 9.17) is 0 Å². The molecule has 0 unspecified atom stereocenters. The lowest BCUT2D eigenvalue weighted by Crippen LogP contribution is -2.46. The Morgan fingerprint density at radius 3 is 2.35 bits per heavy atom. The normalized spacial score (nSPS) is 14.1. The van der Waals surface area contributed by atoms with Crippen molar-refractivity contribution in [1.82, 2.24) is 10.3 Å². The highest BCUT2D eigenvalue weighted by Crippen LogP contribution is 2.31. The topological polar surface area (TPSA) is 91.4 Å². The fourth-order valence-corrected chi connectivity index (χ4v) is 4.71. The van der Waals surface area contributed by atoms with E-state index in [9.17, 15) is 14.4 Å². The van der Waals surface area contributed by atoms with Crippen molar-refractivity contribution in [3.05, 3.63) is 89.6 Å². The van der Waals surface area contributed by atoms with Gasteiger partial charge in [-0.25, -0.2) is 4.98 Å². The minimum atomic E-state index is -0.852. The van der Waals surface area contributed by atoms with Crippen molar-refractivity contribution in [2.45, 2.75) is 64.5 Å². The van der Waals surface area contributed by atoms with Gasteiger partial charge in [0.05, 0.1) is 0 Å². The summed E-state index contributed by atoms with van der Waals surface area (Å²) in [5.74, 6) is -0.375. The molecule has 0 radical (unpaired) electrons. The molecule has 2 aromatic carbocycles. The van der Waals surface area contributed by atoms with Gasteiger partial charge < -0.3 is 10.6 Å². The van der Waals surface area contributed by atoms with Crippen LogP contribution in [0.1, 0.15) is 61.3 Å². The van der Waals surface area contributed by atoms with Crippen LogP contribution < -0.4 is 15.5 Å². The molecule has 7 heteroatoms. The molecule has 1 fully saturated rings. The Labute approximate surface area is 218 Å². The first-order chi connectivity index (χ1) is 17.9. The second kappa shape index (κ2) is 12.3. The SMILES string of the molecule is Cc1ccc([C@@H](C(=O)NC2CCCC2)N(C(=O)CCC(=O)Nc2ccccn2)c2cccc(C)c2)cc1. The van der Waals surface area contributed by atoms with E-state index in [-0.39, 0.29) is 36.6 Å². The summed E-state index contributed by atoms with van der Waals surface area (Å²) in [6.45, 7) is 3.94. The van der Waals surface area contributed by atoms with Crippen molar-refractivity contribution >= 4 is 29.2 Å². The maximum atomic E-state index is 13.8. The van der Waals surface area contributed by atoms with E-state index >= 15 is 0 Å². The Morgan fingerprint density at radius 2 is 1.68 bits per heavy atom. The first-order valence-corrected chi connectivity index (χ1v) is 12.9. The molecule has 0 saturated heterocycles. The monoisotopic (exact) mass is 498 g/mol. The van der Waals surface area contributed by atoms with E-state index in [1.54, 1.807) is 29.3 Å². The number of rotatable bonds is 9. The molecular weight excluding hydrogens is 464 g/mol. The third-order valence-electron chi connectivity index (χ3n) is 6.65. The summed E-state index contributed by atoms with van der Waals surface area (Å²) in [7, 11) is 0. The number of nitrogens with one attached hydrogen (secondary N) is 2. The number of benzene rings is 2. The van der Waals surface area contributed by atoms with Crippen LogP contribution in [0.3, 0.4) is 0 Å². The van der Waals surface area contributed by atoms with Crippen molar-refractivity contribution in [3.8, 4) is 0 Å². The maximum Gasteiger partial charge on any atom is 0.248 e. The van der Waals surface area contributed by atoms with Crippen LogP contribution in [0.4, 0.5) is 11.5 Å². The lowest BCUT2D eigenvalue weighted by Gasteiger charge is -2.32. The number of carbonyl (C=O) groups excluding carboxylic acids is 3.